The van der Waals surface area contributed by atoms with Crippen LogP contribution in [-0.2, 0) is 0 Å². The molecule has 2 aromatic rings. The zero-order valence-corrected chi connectivity index (χ0v) is 15.9. The molecule has 7 heteroatoms. The molecule has 1 fully saturated rings. The van der Waals surface area contributed by atoms with Crippen LogP contribution in [0.4, 0.5) is 20.6 Å². The Morgan fingerprint density at radius 1 is 1.25 bits per heavy atom. The molecule has 1 aliphatic heterocycles. The van der Waals surface area contributed by atoms with Gasteiger partial charge in [0.05, 0.1) is 0 Å². The second-order valence-corrected chi connectivity index (χ2v) is 7.18. The summed E-state index contributed by atoms with van der Waals surface area (Å²) in [6.45, 7) is 3.61. The predicted octanol–water partition coefficient (Wildman–Crippen LogP) is 3.39. The molecule has 3 amide bonds. The van der Waals surface area contributed by atoms with E-state index in [1.54, 1.807) is 18.2 Å². The highest BCUT2D eigenvalue weighted by molar-refractivity contribution is 5.96. The smallest absolute Gasteiger partial charge is 0.319 e. The molecular weight excluding hydrogens is 359 g/mol. The van der Waals surface area contributed by atoms with Gasteiger partial charge in [-0.15, -0.1) is 0 Å². The molecule has 0 bridgehead atoms. The van der Waals surface area contributed by atoms with Gasteiger partial charge >= 0.3 is 6.03 Å². The van der Waals surface area contributed by atoms with Crippen molar-refractivity contribution in [2.24, 2.45) is 5.92 Å². The summed E-state index contributed by atoms with van der Waals surface area (Å²) in [6.07, 6.45) is 1.81. The van der Waals surface area contributed by atoms with Crippen LogP contribution in [0.15, 0.2) is 42.5 Å². The lowest BCUT2D eigenvalue weighted by Crippen LogP contribution is -2.44. The van der Waals surface area contributed by atoms with E-state index in [1.165, 1.54) is 18.2 Å². The van der Waals surface area contributed by atoms with Crippen LogP contribution in [-0.4, -0.2) is 36.5 Å². The molecule has 1 saturated heterocycles. The molecule has 6 nitrogen and oxygen atoms in total. The van der Waals surface area contributed by atoms with Gasteiger partial charge in [-0.2, -0.15) is 0 Å². The molecule has 0 spiro atoms. The van der Waals surface area contributed by atoms with Gasteiger partial charge in [0.25, 0.3) is 5.91 Å². The number of nitrogens with zero attached hydrogens (tertiary/aromatic N) is 1. The zero-order chi connectivity index (χ0) is 20.1. The van der Waals surface area contributed by atoms with Crippen molar-refractivity contribution in [3.8, 4) is 0 Å². The maximum Gasteiger partial charge on any atom is 0.319 e. The molecule has 4 N–H and O–H groups in total. The normalized spacial score (nSPS) is 16.5. The van der Waals surface area contributed by atoms with E-state index >= 15 is 0 Å². The summed E-state index contributed by atoms with van der Waals surface area (Å²) >= 11 is 0. The first-order chi connectivity index (χ1) is 13.4. The first-order valence-corrected chi connectivity index (χ1v) is 9.38. The molecule has 148 valence electrons. The van der Waals surface area contributed by atoms with Crippen LogP contribution in [0, 0.1) is 18.7 Å². The van der Waals surface area contributed by atoms with Crippen LogP contribution in [0.1, 0.15) is 28.8 Å². The second-order valence-electron chi connectivity index (χ2n) is 7.18. The minimum Gasteiger partial charge on any atom is -0.399 e. The molecule has 28 heavy (non-hydrogen) atoms. The summed E-state index contributed by atoms with van der Waals surface area (Å²) in [5.41, 5.74) is 8.31. The lowest BCUT2D eigenvalue weighted by atomic mass is 9.96. The van der Waals surface area contributed by atoms with Crippen LogP contribution in [0.25, 0.3) is 0 Å². The van der Waals surface area contributed by atoms with Crippen molar-refractivity contribution >= 4 is 23.3 Å². The first kappa shape index (κ1) is 19.7. The molecule has 0 aliphatic carbocycles. The Morgan fingerprint density at radius 3 is 2.86 bits per heavy atom. The third-order valence-corrected chi connectivity index (χ3v) is 4.93. The monoisotopic (exact) mass is 384 g/mol. The van der Waals surface area contributed by atoms with E-state index < -0.39 is 5.82 Å². The molecule has 1 heterocycles. The van der Waals surface area contributed by atoms with E-state index in [0.29, 0.717) is 36.6 Å². The number of likely N-dealkylation sites (tertiary alicyclic amines) is 1. The first-order valence-electron chi connectivity index (χ1n) is 9.38. The Bertz CT molecular complexity index is 871. The van der Waals surface area contributed by atoms with E-state index in [-0.39, 0.29) is 17.9 Å². The Kier molecular flexibility index (Phi) is 6.13. The number of amides is 3. The third kappa shape index (κ3) is 5.00. The Morgan fingerprint density at radius 2 is 2.07 bits per heavy atom. The maximum absolute atomic E-state index is 13.2. The van der Waals surface area contributed by atoms with E-state index in [2.05, 4.69) is 10.6 Å². The molecule has 3 rings (SSSR count). The number of benzene rings is 2. The van der Waals surface area contributed by atoms with Gasteiger partial charge in [-0.25, -0.2) is 9.18 Å². The number of nitrogens with one attached hydrogen (secondary N) is 2. The number of anilines is 2. The van der Waals surface area contributed by atoms with Crippen molar-refractivity contribution in [1.82, 2.24) is 10.2 Å². The average molecular weight is 384 g/mol. The number of hydrogen-bond acceptors (Lipinski definition) is 3. The van der Waals surface area contributed by atoms with Gasteiger partial charge in [0.2, 0.25) is 0 Å². The topological polar surface area (TPSA) is 87.5 Å². The Labute approximate surface area is 163 Å². The molecular formula is C21H25FN4O2. The lowest BCUT2D eigenvalue weighted by Gasteiger charge is -2.33. The average Bonchev–Trinajstić information content (AvgIpc) is 2.68. The Hall–Kier alpha value is -3.09. The summed E-state index contributed by atoms with van der Waals surface area (Å²) in [5, 5.41) is 5.42. The molecule has 0 aromatic heterocycles. The quantitative estimate of drug-likeness (QED) is 0.706. The molecule has 1 unspecified atom stereocenters. The summed E-state index contributed by atoms with van der Waals surface area (Å²) in [4.78, 5) is 26.7. The van der Waals surface area contributed by atoms with E-state index in [1.807, 2.05) is 17.9 Å². The van der Waals surface area contributed by atoms with Crippen LogP contribution in [0.5, 0.6) is 0 Å². The summed E-state index contributed by atoms with van der Waals surface area (Å²) in [6, 6.07) is 10.7. The number of halogens is 1. The number of piperidine rings is 1. The fraction of sp³-hybridized carbons (Fsp3) is 0.333. The van der Waals surface area contributed by atoms with Gasteiger partial charge < -0.3 is 21.3 Å². The number of nitrogens with two attached hydrogens (primary N) is 1. The highest BCUT2D eigenvalue weighted by atomic mass is 19.1. The lowest BCUT2D eigenvalue weighted by molar-refractivity contribution is 0.0674. The third-order valence-electron chi connectivity index (χ3n) is 4.93. The van der Waals surface area contributed by atoms with Gasteiger partial charge in [-0.05, 0) is 61.6 Å². The minimum atomic E-state index is -0.406. The van der Waals surface area contributed by atoms with Crippen LogP contribution >= 0.6 is 0 Å². The van der Waals surface area contributed by atoms with E-state index in [0.717, 1.165) is 18.4 Å². The summed E-state index contributed by atoms with van der Waals surface area (Å²) in [7, 11) is 0. The van der Waals surface area contributed by atoms with Crippen molar-refractivity contribution in [3.63, 3.8) is 0 Å². The molecule has 2 aromatic carbocycles. The number of rotatable bonds is 4. The number of carbonyl (C=O) groups excluding carboxylic acids is 2. The number of nitrogen functional groups attached to an aromatic ring is 1. The molecule has 1 aliphatic rings. The van der Waals surface area contributed by atoms with Crippen LogP contribution in [0.3, 0.4) is 0 Å². The van der Waals surface area contributed by atoms with Crippen molar-refractivity contribution in [3.05, 3.63) is 59.4 Å². The second kappa shape index (κ2) is 8.73. The van der Waals surface area contributed by atoms with Gasteiger partial charge in [-0.1, -0.05) is 12.1 Å². The highest BCUT2D eigenvalue weighted by Gasteiger charge is 2.25. The standard InChI is InChI=1S/C21H25FN4O2/c1-14-7-8-17(23)11-19(14)20(27)26-9-3-4-15(13-26)12-24-21(28)25-18-6-2-5-16(22)10-18/h2,5-8,10-11,15H,3-4,9,12-13,23H2,1H3,(H2,24,25,28). The van der Waals surface area contributed by atoms with Crippen molar-refractivity contribution in [1.29, 1.82) is 0 Å². The number of aryl methyl sites for hydroxylation is 1. The number of carbonyl (C=O) groups is 2. The molecule has 1 atom stereocenters. The molecule has 0 radical (unpaired) electrons. The highest BCUT2D eigenvalue weighted by Crippen LogP contribution is 2.21. The van der Waals surface area contributed by atoms with Crippen molar-refractivity contribution < 1.29 is 14.0 Å². The largest absolute Gasteiger partial charge is 0.399 e. The van der Waals surface area contributed by atoms with Gasteiger partial charge in [0, 0.05) is 36.6 Å². The van der Waals surface area contributed by atoms with Gasteiger partial charge in [0.15, 0.2) is 0 Å². The number of urea groups is 1. The van der Waals surface area contributed by atoms with Crippen LogP contribution in [0.2, 0.25) is 0 Å². The zero-order valence-electron chi connectivity index (χ0n) is 15.9. The minimum absolute atomic E-state index is 0.0290. The van der Waals surface area contributed by atoms with E-state index in [4.69, 9.17) is 5.73 Å². The summed E-state index contributed by atoms with van der Waals surface area (Å²) < 4.78 is 13.2. The maximum atomic E-state index is 13.2. The van der Waals surface area contributed by atoms with Crippen molar-refractivity contribution in [2.45, 2.75) is 19.8 Å². The summed E-state index contributed by atoms with van der Waals surface area (Å²) in [5.74, 6) is -0.271. The van der Waals surface area contributed by atoms with Gasteiger partial charge in [0.1, 0.15) is 5.82 Å². The SMILES string of the molecule is Cc1ccc(N)cc1C(=O)N1CCCC(CNC(=O)Nc2cccc(F)c2)C1. The fourth-order valence-electron chi connectivity index (χ4n) is 3.44. The predicted molar refractivity (Wildman–Crippen MR) is 108 cm³/mol. The fourth-order valence-corrected chi connectivity index (χ4v) is 3.44. The molecule has 0 saturated carbocycles. The Balaban J connectivity index is 1.54. The van der Waals surface area contributed by atoms with Crippen molar-refractivity contribution in [2.75, 3.05) is 30.7 Å². The van der Waals surface area contributed by atoms with Gasteiger partial charge in [-0.3, -0.25) is 4.79 Å². The van der Waals surface area contributed by atoms with Crippen LogP contribution < -0.4 is 16.4 Å². The van der Waals surface area contributed by atoms with E-state index in [9.17, 15) is 14.0 Å². The number of hydrogen-bond donors (Lipinski definition) is 3.